The lowest BCUT2D eigenvalue weighted by Gasteiger charge is -2.05. The van der Waals surface area contributed by atoms with Gasteiger partial charge >= 0.3 is 0 Å². The molecule has 20 heavy (non-hydrogen) atoms. The zero-order valence-electron chi connectivity index (χ0n) is 11.1. The van der Waals surface area contributed by atoms with Crippen LogP contribution < -0.4 is 10.2 Å². The Hall–Kier alpha value is -1.83. The van der Waals surface area contributed by atoms with Crippen molar-refractivity contribution in [2.24, 2.45) is 12.1 Å². The lowest BCUT2D eigenvalue weighted by atomic mass is 10.2. The predicted molar refractivity (Wildman–Crippen MR) is 86.2 cm³/mol. The van der Waals surface area contributed by atoms with E-state index in [1.54, 1.807) is 25.5 Å². The van der Waals surface area contributed by atoms with Crippen LogP contribution in [0.5, 0.6) is 5.75 Å². The molecule has 1 aromatic carbocycles. The van der Waals surface area contributed by atoms with Crippen LogP contribution in [0.2, 0.25) is 0 Å². The van der Waals surface area contributed by atoms with E-state index >= 15 is 0 Å². The molecular weight excluding hydrogens is 369 g/mol. The Labute approximate surface area is 130 Å². The molecule has 0 aliphatic heterocycles. The molecule has 0 saturated carbocycles. The smallest absolute Gasteiger partial charge is 0.271 e. The average molecular weight is 383 g/mol. The van der Waals surface area contributed by atoms with Crippen LogP contribution in [0.15, 0.2) is 41.6 Å². The van der Waals surface area contributed by atoms with Gasteiger partial charge in [-0.2, -0.15) is 5.10 Å². The number of methoxy groups -OCH3 is 1. The lowest BCUT2D eigenvalue weighted by Crippen LogP contribution is -2.18. The van der Waals surface area contributed by atoms with E-state index in [-0.39, 0.29) is 5.91 Å². The number of rotatable bonds is 4. The summed E-state index contributed by atoms with van der Waals surface area (Å²) in [4.78, 5) is 11.9. The Balaban J connectivity index is 2.05. The molecule has 2 rings (SSSR count). The van der Waals surface area contributed by atoms with Crippen LogP contribution in [0.4, 0.5) is 0 Å². The van der Waals surface area contributed by atoms with E-state index < -0.39 is 0 Å². The van der Waals surface area contributed by atoms with Crippen LogP contribution in [-0.2, 0) is 7.05 Å². The number of aryl methyl sites for hydroxylation is 1. The Morgan fingerprint density at radius 3 is 2.90 bits per heavy atom. The summed E-state index contributed by atoms with van der Waals surface area (Å²) in [5.41, 5.74) is 3.91. The number of hydrogen-bond donors (Lipinski definition) is 1. The van der Waals surface area contributed by atoms with Gasteiger partial charge in [0.15, 0.2) is 0 Å². The first-order valence-electron chi connectivity index (χ1n) is 5.90. The molecule has 0 aliphatic carbocycles. The first-order chi connectivity index (χ1) is 9.61. The summed E-state index contributed by atoms with van der Waals surface area (Å²) in [5.74, 6) is 0.398. The number of benzene rings is 1. The molecule has 0 spiro atoms. The minimum atomic E-state index is -0.273. The maximum absolute atomic E-state index is 11.9. The second kappa shape index (κ2) is 6.56. The van der Waals surface area contributed by atoms with E-state index in [1.807, 2.05) is 36.0 Å². The van der Waals surface area contributed by atoms with Gasteiger partial charge in [-0.3, -0.25) is 4.79 Å². The van der Waals surface area contributed by atoms with E-state index in [1.165, 1.54) is 0 Å². The number of aromatic nitrogens is 1. The zero-order valence-corrected chi connectivity index (χ0v) is 13.3. The third-order valence-corrected chi connectivity index (χ3v) is 3.65. The van der Waals surface area contributed by atoms with Crippen molar-refractivity contribution in [3.05, 3.63) is 51.4 Å². The van der Waals surface area contributed by atoms with E-state index in [0.717, 1.165) is 9.26 Å². The SMILES string of the molecule is COc1cc(C(=O)N/N=C/c2cccn2C)ccc1I. The highest BCUT2D eigenvalue weighted by atomic mass is 127. The van der Waals surface area contributed by atoms with E-state index in [9.17, 15) is 4.79 Å². The summed E-state index contributed by atoms with van der Waals surface area (Å²) in [6.07, 6.45) is 3.51. The highest BCUT2D eigenvalue weighted by Gasteiger charge is 2.08. The largest absolute Gasteiger partial charge is 0.496 e. The predicted octanol–water partition coefficient (Wildman–Crippen LogP) is 2.40. The van der Waals surface area contributed by atoms with Gasteiger partial charge in [0.25, 0.3) is 5.91 Å². The molecule has 0 unspecified atom stereocenters. The molecule has 0 bridgehead atoms. The molecule has 0 atom stereocenters. The van der Waals surface area contributed by atoms with Gasteiger partial charge in [-0.1, -0.05) is 0 Å². The van der Waals surface area contributed by atoms with Gasteiger partial charge in [0.1, 0.15) is 5.75 Å². The van der Waals surface area contributed by atoms with Gasteiger partial charge in [0.05, 0.1) is 22.6 Å². The number of hydrogen-bond acceptors (Lipinski definition) is 3. The van der Waals surface area contributed by atoms with E-state index in [2.05, 4.69) is 33.1 Å². The fourth-order valence-electron chi connectivity index (χ4n) is 1.63. The first kappa shape index (κ1) is 14.6. The molecule has 5 nitrogen and oxygen atoms in total. The first-order valence-corrected chi connectivity index (χ1v) is 6.98. The topological polar surface area (TPSA) is 55.6 Å². The number of nitrogens with zero attached hydrogens (tertiary/aromatic N) is 2. The molecule has 1 aromatic heterocycles. The number of carbonyl (C=O) groups is 1. The minimum Gasteiger partial charge on any atom is -0.496 e. The average Bonchev–Trinajstić information content (AvgIpc) is 2.85. The third kappa shape index (κ3) is 3.38. The second-order valence-electron chi connectivity index (χ2n) is 4.09. The number of hydrazone groups is 1. The maximum atomic E-state index is 11.9. The fourth-order valence-corrected chi connectivity index (χ4v) is 2.19. The van der Waals surface area contributed by atoms with Crippen molar-refractivity contribution >= 4 is 34.7 Å². The normalized spacial score (nSPS) is 10.8. The molecule has 0 aliphatic rings. The Morgan fingerprint density at radius 1 is 1.45 bits per heavy atom. The molecule has 2 aromatic rings. The van der Waals surface area contributed by atoms with E-state index in [4.69, 9.17) is 4.74 Å². The summed E-state index contributed by atoms with van der Waals surface area (Å²) in [7, 11) is 3.49. The van der Waals surface area contributed by atoms with Crippen molar-refractivity contribution in [1.82, 2.24) is 9.99 Å². The Kier molecular flexibility index (Phi) is 4.78. The number of halogens is 1. The maximum Gasteiger partial charge on any atom is 0.271 e. The summed E-state index contributed by atoms with van der Waals surface area (Å²) < 4.78 is 8.04. The molecular formula is C14H14IN3O2. The number of carbonyl (C=O) groups excluding carboxylic acids is 1. The lowest BCUT2D eigenvalue weighted by molar-refractivity contribution is 0.0954. The van der Waals surface area contributed by atoms with Crippen molar-refractivity contribution in [2.45, 2.75) is 0 Å². The molecule has 0 radical (unpaired) electrons. The molecule has 104 valence electrons. The summed E-state index contributed by atoms with van der Waals surface area (Å²) in [6, 6.07) is 9.07. The molecule has 1 heterocycles. The van der Waals surface area contributed by atoms with Gasteiger partial charge in [0.2, 0.25) is 0 Å². The van der Waals surface area contributed by atoms with Crippen LogP contribution in [0.3, 0.4) is 0 Å². The standard InChI is InChI=1S/C14H14IN3O2/c1-18-7-3-4-11(18)9-16-17-14(19)10-5-6-12(15)13(8-10)20-2/h3-9H,1-2H3,(H,17,19)/b16-9+. The number of nitrogens with one attached hydrogen (secondary N) is 1. The van der Waals surface area contributed by atoms with Crippen LogP contribution >= 0.6 is 22.6 Å². The Bertz CT molecular complexity index is 650. The monoisotopic (exact) mass is 383 g/mol. The van der Waals surface area contributed by atoms with Crippen LogP contribution in [0, 0.1) is 3.57 Å². The quantitative estimate of drug-likeness (QED) is 0.501. The molecule has 6 heteroatoms. The van der Waals surface area contributed by atoms with Gasteiger partial charge in [-0.15, -0.1) is 0 Å². The molecule has 0 fully saturated rings. The number of amides is 1. The fraction of sp³-hybridized carbons (Fsp3) is 0.143. The molecule has 1 N–H and O–H groups in total. The van der Waals surface area contributed by atoms with Crippen LogP contribution in [-0.4, -0.2) is 23.8 Å². The van der Waals surface area contributed by atoms with Crippen LogP contribution in [0.1, 0.15) is 16.1 Å². The Morgan fingerprint density at radius 2 is 2.25 bits per heavy atom. The van der Waals surface area contributed by atoms with Crippen LogP contribution in [0.25, 0.3) is 0 Å². The third-order valence-electron chi connectivity index (χ3n) is 2.76. The van der Waals surface area contributed by atoms with Crippen molar-refractivity contribution in [3.8, 4) is 5.75 Å². The highest BCUT2D eigenvalue weighted by Crippen LogP contribution is 2.21. The highest BCUT2D eigenvalue weighted by molar-refractivity contribution is 14.1. The van der Waals surface area contributed by atoms with Gasteiger partial charge in [0, 0.05) is 18.8 Å². The van der Waals surface area contributed by atoms with Gasteiger partial charge in [-0.25, -0.2) is 5.43 Å². The van der Waals surface area contributed by atoms with Crippen molar-refractivity contribution < 1.29 is 9.53 Å². The van der Waals surface area contributed by atoms with Gasteiger partial charge < -0.3 is 9.30 Å². The zero-order chi connectivity index (χ0) is 14.5. The summed E-state index contributed by atoms with van der Waals surface area (Å²) in [6.45, 7) is 0. The van der Waals surface area contributed by atoms with Gasteiger partial charge in [-0.05, 0) is 52.9 Å². The van der Waals surface area contributed by atoms with Crippen molar-refractivity contribution in [2.75, 3.05) is 7.11 Å². The summed E-state index contributed by atoms with van der Waals surface area (Å²) in [5, 5.41) is 3.94. The number of ether oxygens (including phenoxy) is 1. The minimum absolute atomic E-state index is 0.273. The molecule has 1 amide bonds. The van der Waals surface area contributed by atoms with Crippen molar-refractivity contribution in [3.63, 3.8) is 0 Å². The second-order valence-corrected chi connectivity index (χ2v) is 5.25. The van der Waals surface area contributed by atoms with E-state index in [0.29, 0.717) is 11.3 Å². The van der Waals surface area contributed by atoms with Crippen molar-refractivity contribution in [1.29, 1.82) is 0 Å². The molecule has 0 saturated heterocycles. The summed E-state index contributed by atoms with van der Waals surface area (Å²) >= 11 is 2.15.